The van der Waals surface area contributed by atoms with Crippen LogP contribution in [0.2, 0.25) is 0 Å². The predicted molar refractivity (Wildman–Crippen MR) is 103 cm³/mol. The summed E-state index contributed by atoms with van der Waals surface area (Å²) in [6.07, 6.45) is 4.36. The SMILES string of the molecule is COc1ccc(-c2cc(C(=O)N3CCCO[C@@H](Cn4cccn4)C3)[nH]n2)cc1. The van der Waals surface area contributed by atoms with Gasteiger partial charge in [0, 0.05) is 37.7 Å². The van der Waals surface area contributed by atoms with Crippen LogP contribution in [0.1, 0.15) is 16.9 Å². The van der Waals surface area contributed by atoms with Crippen molar-refractivity contribution in [3.63, 3.8) is 0 Å². The maximum Gasteiger partial charge on any atom is 0.271 e. The molecule has 1 aromatic carbocycles. The van der Waals surface area contributed by atoms with E-state index in [4.69, 9.17) is 9.47 Å². The van der Waals surface area contributed by atoms with Gasteiger partial charge in [0.2, 0.25) is 0 Å². The molecule has 0 unspecified atom stereocenters. The predicted octanol–water partition coefficient (Wildman–Crippen LogP) is 2.21. The number of hydrogen-bond donors (Lipinski definition) is 1. The van der Waals surface area contributed by atoms with Crippen molar-refractivity contribution >= 4 is 5.91 Å². The zero-order chi connectivity index (χ0) is 19.3. The Morgan fingerprint density at radius 1 is 1.36 bits per heavy atom. The third-order valence-corrected chi connectivity index (χ3v) is 4.78. The van der Waals surface area contributed by atoms with Crippen molar-refractivity contribution in [2.24, 2.45) is 0 Å². The molecule has 1 N–H and O–H groups in total. The molecule has 0 bridgehead atoms. The van der Waals surface area contributed by atoms with Crippen molar-refractivity contribution in [1.29, 1.82) is 0 Å². The quantitative estimate of drug-likeness (QED) is 0.732. The van der Waals surface area contributed by atoms with E-state index in [0.29, 0.717) is 31.9 Å². The maximum absolute atomic E-state index is 13.0. The summed E-state index contributed by atoms with van der Waals surface area (Å²) in [7, 11) is 1.63. The topological polar surface area (TPSA) is 85.3 Å². The minimum Gasteiger partial charge on any atom is -0.497 e. The molecular formula is C20H23N5O3. The minimum atomic E-state index is -0.0877. The molecule has 3 heterocycles. The van der Waals surface area contributed by atoms with Crippen LogP contribution in [0.25, 0.3) is 11.3 Å². The molecule has 1 amide bonds. The molecule has 4 rings (SSSR count). The van der Waals surface area contributed by atoms with E-state index in [9.17, 15) is 4.79 Å². The van der Waals surface area contributed by atoms with E-state index < -0.39 is 0 Å². The van der Waals surface area contributed by atoms with Gasteiger partial charge in [-0.05, 0) is 42.8 Å². The normalized spacial score (nSPS) is 17.3. The fraction of sp³-hybridized carbons (Fsp3) is 0.350. The van der Waals surface area contributed by atoms with Crippen LogP contribution in [0.4, 0.5) is 0 Å². The average Bonchev–Trinajstić information content (AvgIpc) is 3.36. The standard InChI is InChI=1S/C20H23N5O3/c1-27-16-6-4-15(5-7-16)18-12-19(23-22-18)20(26)24-9-3-11-28-17(13-24)14-25-10-2-8-21-25/h2,4-8,10,12,17H,3,9,11,13-14H2,1H3,(H,22,23)/t17-/m1/s1. The molecule has 1 saturated heterocycles. The van der Waals surface area contributed by atoms with Crippen LogP contribution in [0, 0.1) is 0 Å². The molecule has 0 spiro atoms. The molecule has 1 aliphatic heterocycles. The van der Waals surface area contributed by atoms with Gasteiger partial charge in [-0.3, -0.25) is 14.6 Å². The van der Waals surface area contributed by atoms with Crippen molar-refractivity contribution in [3.05, 3.63) is 54.5 Å². The van der Waals surface area contributed by atoms with Gasteiger partial charge in [0.15, 0.2) is 0 Å². The molecule has 2 aromatic heterocycles. The van der Waals surface area contributed by atoms with E-state index in [1.54, 1.807) is 19.4 Å². The van der Waals surface area contributed by atoms with Gasteiger partial charge in [-0.25, -0.2) is 0 Å². The molecule has 0 radical (unpaired) electrons. The lowest BCUT2D eigenvalue weighted by molar-refractivity contribution is 0.0365. The molecule has 3 aromatic rings. The Balaban J connectivity index is 1.46. The number of methoxy groups -OCH3 is 1. The highest BCUT2D eigenvalue weighted by Crippen LogP contribution is 2.22. The van der Waals surface area contributed by atoms with Gasteiger partial charge in [-0.2, -0.15) is 10.2 Å². The van der Waals surface area contributed by atoms with Crippen molar-refractivity contribution in [3.8, 4) is 17.0 Å². The Hall–Kier alpha value is -3.13. The number of aromatic amines is 1. The van der Waals surface area contributed by atoms with E-state index in [1.165, 1.54) is 0 Å². The monoisotopic (exact) mass is 381 g/mol. The number of nitrogens with zero attached hydrogens (tertiary/aromatic N) is 4. The first-order valence-corrected chi connectivity index (χ1v) is 9.31. The Kier molecular flexibility index (Phi) is 5.38. The Bertz CT molecular complexity index is 904. The summed E-state index contributed by atoms with van der Waals surface area (Å²) < 4.78 is 12.9. The van der Waals surface area contributed by atoms with Gasteiger partial charge in [0.1, 0.15) is 11.4 Å². The number of nitrogens with one attached hydrogen (secondary N) is 1. The zero-order valence-corrected chi connectivity index (χ0v) is 15.7. The van der Waals surface area contributed by atoms with E-state index in [-0.39, 0.29) is 12.0 Å². The molecule has 1 atom stereocenters. The number of carbonyl (C=O) groups is 1. The molecule has 0 aliphatic carbocycles. The van der Waals surface area contributed by atoms with Crippen LogP contribution >= 0.6 is 0 Å². The van der Waals surface area contributed by atoms with Crippen LogP contribution in [0.3, 0.4) is 0 Å². The van der Waals surface area contributed by atoms with Crippen molar-refractivity contribution in [2.75, 3.05) is 26.8 Å². The minimum absolute atomic E-state index is 0.0665. The molecule has 1 aliphatic rings. The van der Waals surface area contributed by atoms with Crippen LogP contribution in [-0.2, 0) is 11.3 Å². The molecule has 0 saturated carbocycles. The molecule has 28 heavy (non-hydrogen) atoms. The second-order valence-electron chi connectivity index (χ2n) is 6.72. The van der Waals surface area contributed by atoms with Gasteiger partial charge in [-0.1, -0.05) is 0 Å². The number of aromatic nitrogens is 4. The number of amides is 1. The van der Waals surface area contributed by atoms with E-state index in [0.717, 1.165) is 23.4 Å². The number of rotatable bonds is 5. The first kappa shape index (κ1) is 18.2. The highest BCUT2D eigenvalue weighted by Gasteiger charge is 2.25. The van der Waals surface area contributed by atoms with Gasteiger partial charge < -0.3 is 14.4 Å². The highest BCUT2D eigenvalue weighted by atomic mass is 16.5. The molecule has 146 valence electrons. The number of carbonyl (C=O) groups excluding carboxylic acids is 1. The summed E-state index contributed by atoms with van der Waals surface area (Å²) in [6, 6.07) is 11.3. The maximum atomic E-state index is 13.0. The van der Waals surface area contributed by atoms with Crippen LogP contribution < -0.4 is 4.74 Å². The van der Waals surface area contributed by atoms with Crippen molar-refractivity contribution < 1.29 is 14.3 Å². The second kappa shape index (κ2) is 8.26. The molecule has 8 heteroatoms. The largest absolute Gasteiger partial charge is 0.497 e. The van der Waals surface area contributed by atoms with Crippen LogP contribution in [0.15, 0.2) is 48.8 Å². The first-order chi connectivity index (χ1) is 13.7. The first-order valence-electron chi connectivity index (χ1n) is 9.31. The summed E-state index contributed by atoms with van der Waals surface area (Å²) in [5.41, 5.74) is 2.13. The Morgan fingerprint density at radius 2 is 2.21 bits per heavy atom. The Morgan fingerprint density at radius 3 is 2.96 bits per heavy atom. The third-order valence-electron chi connectivity index (χ3n) is 4.78. The Labute approximate surface area is 163 Å². The van der Waals surface area contributed by atoms with E-state index in [1.807, 2.05) is 46.1 Å². The summed E-state index contributed by atoms with van der Waals surface area (Å²) >= 11 is 0. The lowest BCUT2D eigenvalue weighted by atomic mass is 10.1. The lowest BCUT2D eigenvalue weighted by Crippen LogP contribution is -2.38. The lowest BCUT2D eigenvalue weighted by Gasteiger charge is -2.23. The van der Waals surface area contributed by atoms with E-state index >= 15 is 0 Å². The fourth-order valence-corrected chi connectivity index (χ4v) is 3.32. The van der Waals surface area contributed by atoms with Crippen LogP contribution in [0.5, 0.6) is 5.75 Å². The number of benzene rings is 1. The number of H-pyrrole nitrogens is 1. The number of ether oxygens (including phenoxy) is 2. The summed E-state index contributed by atoms with van der Waals surface area (Å²) in [5.74, 6) is 0.714. The van der Waals surface area contributed by atoms with Crippen molar-refractivity contribution in [1.82, 2.24) is 24.9 Å². The molecule has 8 nitrogen and oxygen atoms in total. The zero-order valence-electron chi connectivity index (χ0n) is 15.7. The van der Waals surface area contributed by atoms with Gasteiger partial charge in [0.25, 0.3) is 5.91 Å². The van der Waals surface area contributed by atoms with Gasteiger partial charge >= 0.3 is 0 Å². The summed E-state index contributed by atoms with van der Waals surface area (Å²) in [5, 5.41) is 11.4. The molecular weight excluding hydrogens is 358 g/mol. The van der Waals surface area contributed by atoms with Crippen LogP contribution in [-0.4, -0.2) is 63.7 Å². The highest BCUT2D eigenvalue weighted by molar-refractivity contribution is 5.93. The van der Waals surface area contributed by atoms with Crippen molar-refractivity contribution in [2.45, 2.75) is 19.1 Å². The summed E-state index contributed by atoms with van der Waals surface area (Å²) in [4.78, 5) is 14.8. The fourth-order valence-electron chi connectivity index (χ4n) is 3.32. The molecule has 1 fully saturated rings. The van der Waals surface area contributed by atoms with E-state index in [2.05, 4.69) is 15.3 Å². The average molecular weight is 381 g/mol. The summed E-state index contributed by atoms with van der Waals surface area (Å²) in [6.45, 7) is 2.44. The van der Waals surface area contributed by atoms with Gasteiger partial charge in [-0.15, -0.1) is 0 Å². The number of hydrogen-bond acceptors (Lipinski definition) is 5. The van der Waals surface area contributed by atoms with Gasteiger partial charge in [0.05, 0.1) is 25.5 Å². The second-order valence-corrected chi connectivity index (χ2v) is 6.72. The smallest absolute Gasteiger partial charge is 0.271 e. The third kappa shape index (κ3) is 4.07.